The molecule has 4 heteroatoms. The zero-order chi connectivity index (χ0) is 13.4. The fourth-order valence-electron chi connectivity index (χ4n) is 2.44. The van der Waals surface area contributed by atoms with Crippen LogP contribution in [0.5, 0.6) is 0 Å². The Morgan fingerprint density at radius 3 is 2.89 bits per heavy atom. The van der Waals surface area contributed by atoms with Gasteiger partial charge in [0.2, 0.25) is 5.91 Å². The summed E-state index contributed by atoms with van der Waals surface area (Å²) >= 11 is 0. The minimum atomic E-state index is 0.174. The van der Waals surface area contributed by atoms with Gasteiger partial charge >= 0.3 is 0 Å². The molecule has 0 saturated carbocycles. The molecule has 0 aliphatic carbocycles. The highest BCUT2D eigenvalue weighted by atomic mass is 16.2. The number of piperidine rings is 1. The minimum Gasteiger partial charge on any atom is -0.353 e. The Bertz CT molecular complexity index is 245. The van der Waals surface area contributed by atoms with Crippen molar-refractivity contribution in [3.63, 3.8) is 0 Å². The molecule has 1 heterocycles. The number of rotatable bonds is 7. The van der Waals surface area contributed by atoms with Crippen LogP contribution in [0.25, 0.3) is 0 Å². The standard InChI is InChI=1S/C14H29N3O/c1-4-12(3)16-14(18)11-17-8-6-7-13(10-17)9-15-5-2/h12-13,15H,4-11H2,1-3H3,(H,16,18). The molecule has 1 aliphatic heterocycles. The third-order valence-electron chi connectivity index (χ3n) is 3.67. The van der Waals surface area contributed by atoms with Gasteiger partial charge in [-0.3, -0.25) is 9.69 Å². The number of hydrogen-bond donors (Lipinski definition) is 2. The molecule has 2 unspecified atom stereocenters. The Kier molecular flexibility index (Phi) is 7.28. The fourth-order valence-corrected chi connectivity index (χ4v) is 2.44. The molecule has 2 N–H and O–H groups in total. The summed E-state index contributed by atoms with van der Waals surface area (Å²) in [5, 5.41) is 6.44. The Labute approximate surface area is 111 Å². The van der Waals surface area contributed by atoms with Crippen LogP contribution in [-0.4, -0.2) is 49.6 Å². The highest BCUT2D eigenvalue weighted by Gasteiger charge is 2.21. The molecular formula is C14H29N3O. The van der Waals surface area contributed by atoms with E-state index in [0.717, 1.165) is 32.6 Å². The smallest absolute Gasteiger partial charge is 0.234 e. The van der Waals surface area contributed by atoms with Crippen molar-refractivity contribution >= 4 is 5.91 Å². The zero-order valence-electron chi connectivity index (χ0n) is 12.2. The zero-order valence-corrected chi connectivity index (χ0v) is 12.2. The van der Waals surface area contributed by atoms with E-state index in [1.54, 1.807) is 0 Å². The van der Waals surface area contributed by atoms with Crippen LogP contribution >= 0.6 is 0 Å². The van der Waals surface area contributed by atoms with Crippen LogP contribution in [0.4, 0.5) is 0 Å². The van der Waals surface area contributed by atoms with Gasteiger partial charge in [-0.05, 0) is 51.7 Å². The number of nitrogens with zero attached hydrogens (tertiary/aromatic N) is 1. The molecule has 0 aromatic rings. The maximum atomic E-state index is 11.8. The van der Waals surface area contributed by atoms with E-state index < -0.39 is 0 Å². The summed E-state index contributed by atoms with van der Waals surface area (Å²) < 4.78 is 0. The molecule has 1 saturated heterocycles. The number of hydrogen-bond acceptors (Lipinski definition) is 3. The van der Waals surface area contributed by atoms with Crippen LogP contribution in [0.15, 0.2) is 0 Å². The Balaban J connectivity index is 2.26. The first kappa shape index (κ1) is 15.4. The van der Waals surface area contributed by atoms with Crippen LogP contribution in [0.2, 0.25) is 0 Å². The third-order valence-corrected chi connectivity index (χ3v) is 3.67. The molecule has 18 heavy (non-hydrogen) atoms. The molecule has 0 aromatic carbocycles. The molecular weight excluding hydrogens is 226 g/mol. The lowest BCUT2D eigenvalue weighted by Gasteiger charge is -2.32. The second-order valence-electron chi connectivity index (χ2n) is 5.43. The highest BCUT2D eigenvalue weighted by molar-refractivity contribution is 5.78. The summed E-state index contributed by atoms with van der Waals surface area (Å²) in [5.41, 5.74) is 0. The average Bonchev–Trinajstić information content (AvgIpc) is 2.36. The van der Waals surface area contributed by atoms with Gasteiger partial charge in [0.25, 0.3) is 0 Å². The molecule has 0 aromatic heterocycles. The molecule has 0 radical (unpaired) electrons. The first-order valence-corrected chi connectivity index (χ1v) is 7.38. The summed E-state index contributed by atoms with van der Waals surface area (Å²) in [6, 6.07) is 0.292. The van der Waals surface area contributed by atoms with E-state index in [9.17, 15) is 4.79 Å². The summed E-state index contributed by atoms with van der Waals surface area (Å²) in [6.45, 7) is 11.1. The van der Waals surface area contributed by atoms with Crippen LogP contribution in [0, 0.1) is 5.92 Å². The third kappa shape index (κ3) is 5.83. The van der Waals surface area contributed by atoms with Gasteiger partial charge in [-0.25, -0.2) is 0 Å². The lowest BCUT2D eigenvalue weighted by Crippen LogP contribution is -2.46. The highest BCUT2D eigenvalue weighted by Crippen LogP contribution is 2.15. The van der Waals surface area contributed by atoms with Crippen molar-refractivity contribution in [2.45, 2.75) is 46.1 Å². The number of likely N-dealkylation sites (tertiary alicyclic amines) is 1. The van der Waals surface area contributed by atoms with E-state index in [2.05, 4.69) is 36.3 Å². The number of carbonyl (C=O) groups is 1. The molecule has 1 fully saturated rings. The van der Waals surface area contributed by atoms with Crippen LogP contribution in [-0.2, 0) is 4.79 Å². The second-order valence-corrected chi connectivity index (χ2v) is 5.43. The molecule has 0 spiro atoms. The van der Waals surface area contributed by atoms with Gasteiger partial charge in [0.1, 0.15) is 0 Å². The molecule has 0 bridgehead atoms. The average molecular weight is 255 g/mol. The van der Waals surface area contributed by atoms with Crippen molar-refractivity contribution < 1.29 is 4.79 Å². The Morgan fingerprint density at radius 2 is 2.22 bits per heavy atom. The molecule has 1 rings (SSSR count). The maximum absolute atomic E-state index is 11.8. The molecule has 4 nitrogen and oxygen atoms in total. The van der Waals surface area contributed by atoms with Gasteiger partial charge in [-0.15, -0.1) is 0 Å². The van der Waals surface area contributed by atoms with Crippen molar-refractivity contribution in [1.29, 1.82) is 0 Å². The first-order valence-electron chi connectivity index (χ1n) is 7.38. The minimum absolute atomic E-state index is 0.174. The maximum Gasteiger partial charge on any atom is 0.234 e. The molecule has 1 aliphatic rings. The topological polar surface area (TPSA) is 44.4 Å². The number of amides is 1. The summed E-state index contributed by atoms with van der Waals surface area (Å²) in [4.78, 5) is 14.1. The van der Waals surface area contributed by atoms with Crippen molar-refractivity contribution in [2.24, 2.45) is 5.92 Å². The largest absolute Gasteiger partial charge is 0.353 e. The van der Waals surface area contributed by atoms with Crippen LogP contribution in [0.1, 0.15) is 40.0 Å². The number of nitrogens with one attached hydrogen (secondary N) is 2. The molecule has 2 atom stereocenters. The SMILES string of the molecule is CCNCC1CCCN(CC(=O)NC(C)CC)C1. The lowest BCUT2D eigenvalue weighted by molar-refractivity contribution is -0.123. The van der Waals surface area contributed by atoms with Gasteiger partial charge in [0.05, 0.1) is 6.54 Å². The lowest BCUT2D eigenvalue weighted by atomic mass is 9.98. The Morgan fingerprint density at radius 1 is 1.44 bits per heavy atom. The van der Waals surface area contributed by atoms with E-state index in [0.29, 0.717) is 18.5 Å². The summed E-state index contributed by atoms with van der Waals surface area (Å²) in [7, 11) is 0. The van der Waals surface area contributed by atoms with Gasteiger partial charge in [-0.2, -0.15) is 0 Å². The number of carbonyl (C=O) groups excluding carboxylic acids is 1. The van der Waals surface area contributed by atoms with Crippen molar-refractivity contribution in [3.05, 3.63) is 0 Å². The van der Waals surface area contributed by atoms with Crippen LogP contribution in [0.3, 0.4) is 0 Å². The van der Waals surface area contributed by atoms with E-state index in [1.165, 1.54) is 12.8 Å². The fraction of sp³-hybridized carbons (Fsp3) is 0.929. The normalized spacial score (nSPS) is 22.7. The first-order chi connectivity index (χ1) is 8.65. The van der Waals surface area contributed by atoms with Crippen molar-refractivity contribution in [1.82, 2.24) is 15.5 Å². The van der Waals surface area contributed by atoms with Crippen LogP contribution < -0.4 is 10.6 Å². The summed E-state index contributed by atoms with van der Waals surface area (Å²) in [6.07, 6.45) is 3.50. The Hall–Kier alpha value is -0.610. The molecule has 1 amide bonds. The predicted octanol–water partition coefficient (Wildman–Crippen LogP) is 1.22. The van der Waals surface area contributed by atoms with Gasteiger partial charge in [0, 0.05) is 12.6 Å². The van der Waals surface area contributed by atoms with E-state index in [1.807, 2.05) is 0 Å². The quantitative estimate of drug-likeness (QED) is 0.719. The summed E-state index contributed by atoms with van der Waals surface area (Å²) in [5.74, 6) is 0.878. The van der Waals surface area contributed by atoms with Gasteiger partial charge < -0.3 is 10.6 Å². The monoisotopic (exact) mass is 255 g/mol. The van der Waals surface area contributed by atoms with E-state index in [-0.39, 0.29) is 5.91 Å². The van der Waals surface area contributed by atoms with E-state index in [4.69, 9.17) is 0 Å². The van der Waals surface area contributed by atoms with E-state index >= 15 is 0 Å². The molecule has 106 valence electrons. The van der Waals surface area contributed by atoms with Gasteiger partial charge in [-0.1, -0.05) is 13.8 Å². The van der Waals surface area contributed by atoms with Crippen molar-refractivity contribution in [3.8, 4) is 0 Å². The van der Waals surface area contributed by atoms with Crippen molar-refractivity contribution in [2.75, 3.05) is 32.7 Å². The predicted molar refractivity (Wildman–Crippen MR) is 75.6 cm³/mol. The van der Waals surface area contributed by atoms with Gasteiger partial charge in [0.15, 0.2) is 0 Å². The second kappa shape index (κ2) is 8.48.